The quantitative estimate of drug-likeness (QED) is 0.722. The summed E-state index contributed by atoms with van der Waals surface area (Å²) < 4.78 is 16.5. The third kappa shape index (κ3) is 2.94. The first-order chi connectivity index (χ1) is 11.4. The van der Waals surface area contributed by atoms with Crippen LogP contribution in [0.1, 0.15) is 29.8 Å². The number of nitrogens with one attached hydrogen (secondary N) is 1. The van der Waals surface area contributed by atoms with Crippen LogP contribution in [0, 0.1) is 12.7 Å². The topological polar surface area (TPSA) is 46.9 Å². The van der Waals surface area contributed by atoms with Gasteiger partial charge in [-0.25, -0.2) is 4.39 Å². The number of fused-ring (bicyclic) bond motifs is 1. The zero-order valence-electron chi connectivity index (χ0n) is 13.6. The highest BCUT2D eigenvalue weighted by atomic mass is 79.9. The van der Waals surface area contributed by atoms with Gasteiger partial charge in [0, 0.05) is 28.3 Å². The Kier molecular flexibility index (Phi) is 4.41. The third-order valence-electron chi connectivity index (χ3n) is 3.74. The molecule has 0 unspecified atom stereocenters. The van der Waals surface area contributed by atoms with Gasteiger partial charge in [-0.05, 0) is 60.5 Å². The average Bonchev–Trinajstić information content (AvgIpc) is 2.85. The van der Waals surface area contributed by atoms with Crippen LogP contribution in [0.4, 0.5) is 4.39 Å². The normalized spacial score (nSPS) is 11.2. The second-order valence-corrected chi connectivity index (χ2v) is 6.84. The fourth-order valence-corrected chi connectivity index (χ4v) is 3.45. The van der Waals surface area contributed by atoms with E-state index in [-0.39, 0.29) is 17.5 Å². The number of amides is 1. The van der Waals surface area contributed by atoms with Crippen molar-refractivity contribution in [1.29, 1.82) is 0 Å². The highest BCUT2D eigenvalue weighted by Gasteiger charge is 2.18. The number of rotatable bonds is 3. The van der Waals surface area contributed by atoms with E-state index in [9.17, 15) is 9.18 Å². The number of carbonyl (C=O) groups excluding carboxylic acids is 1. The molecule has 0 spiro atoms. The molecule has 3 rings (SSSR count). The largest absolute Gasteiger partial charge is 0.350 e. The lowest BCUT2D eigenvalue weighted by Gasteiger charge is -2.14. The van der Waals surface area contributed by atoms with Crippen molar-refractivity contribution in [3.63, 3.8) is 0 Å². The number of hydrogen-bond acceptors (Lipinski definition) is 2. The van der Waals surface area contributed by atoms with Crippen molar-refractivity contribution >= 4 is 32.7 Å². The summed E-state index contributed by atoms with van der Waals surface area (Å²) in [5.41, 5.74) is 2.77. The van der Waals surface area contributed by atoms with Crippen LogP contribution in [0.25, 0.3) is 16.6 Å². The average molecular weight is 390 g/mol. The van der Waals surface area contributed by atoms with E-state index in [0.717, 1.165) is 20.9 Å². The lowest BCUT2D eigenvalue weighted by molar-refractivity contribution is 0.0942. The minimum Gasteiger partial charge on any atom is -0.350 e. The first-order valence-corrected chi connectivity index (χ1v) is 8.39. The molecule has 2 heterocycles. The van der Waals surface area contributed by atoms with Gasteiger partial charge < -0.3 is 9.88 Å². The fourth-order valence-electron chi connectivity index (χ4n) is 2.73. The molecular weight excluding hydrogens is 373 g/mol. The molecule has 1 N–H and O–H groups in total. The molecule has 4 nitrogen and oxygen atoms in total. The van der Waals surface area contributed by atoms with Crippen LogP contribution in [0.5, 0.6) is 0 Å². The summed E-state index contributed by atoms with van der Waals surface area (Å²) in [4.78, 5) is 16.7. The van der Waals surface area contributed by atoms with E-state index < -0.39 is 5.82 Å². The van der Waals surface area contributed by atoms with Crippen molar-refractivity contribution in [3.05, 3.63) is 58.2 Å². The smallest absolute Gasteiger partial charge is 0.253 e. The highest BCUT2D eigenvalue weighted by molar-refractivity contribution is 9.10. The van der Waals surface area contributed by atoms with Crippen LogP contribution in [0.2, 0.25) is 0 Å². The Labute approximate surface area is 147 Å². The summed E-state index contributed by atoms with van der Waals surface area (Å²) >= 11 is 3.56. The molecule has 0 fully saturated rings. The number of halogens is 2. The van der Waals surface area contributed by atoms with Gasteiger partial charge in [-0.2, -0.15) is 0 Å². The molecule has 0 saturated carbocycles. The van der Waals surface area contributed by atoms with Gasteiger partial charge in [0.25, 0.3) is 5.91 Å². The molecule has 6 heteroatoms. The number of pyridine rings is 1. The van der Waals surface area contributed by atoms with Gasteiger partial charge in [0.15, 0.2) is 0 Å². The zero-order chi connectivity index (χ0) is 17.4. The summed E-state index contributed by atoms with van der Waals surface area (Å²) in [6, 6.07) is 4.19. The molecule has 3 aromatic rings. The van der Waals surface area contributed by atoms with Crippen molar-refractivity contribution in [2.45, 2.75) is 26.8 Å². The maximum atomic E-state index is 13.7. The van der Waals surface area contributed by atoms with Crippen LogP contribution in [-0.4, -0.2) is 21.5 Å². The fraction of sp³-hybridized carbons (Fsp3) is 0.222. The minimum absolute atomic E-state index is 0.0364. The summed E-state index contributed by atoms with van der Waals surface area (Å²) in [6.07, 6.45) is 5.40. The molecule has 0 aliphatic rings. The van der Waals surface area contributed by atoms with Gasteiger partial charge in [0.1, 0.15) is 5.82 Å². The standard InChI is InChI=1S/C18H17BrFN3O/c1-10(2)22-18(24)13-6-12(20)4-5-15(13)23-9-14(19)17-11(3)7-21-8-16(17)23/h4-10H,1-3H3,(H,22,24). The predicted octanol–water partition coefficient (Wildman–Crippen LogP) is 4.37. The number of aromatic nitrogens is 2. The molecule has 0 bridgehead atoms. The minimum atomic E-state index is -0.447. The summed E-state index contributed by atoms with van der Waals surface area (Å²) in [6.45, 7) is 5.71. The number of benzene rings is 1. The molecule has 0 saturated heterocycles. The molecule has 1 amide bonds. The van der Waals surface area contributed by atoms with Gasteiger partial charge in [-0.3, -0.25) is 9.78 Å². The Bertz CT molecular complexity index is 933. The number of aryl methyl sites for hydroxylation is 1. The molecule has 0 atom stereocenters. The molecule has 24 heavy (non-hydrogen) atoms. The Hall–Kier alpha value is -2.21. The van der Waals surface area contributed by atoms with E-state index in [4.69, 9.17) is 0 Å². The van der Waals surface area contributed by atoms with Crippen molar-refractivity contribution in [3.8, 4) is 5.69 Å². The van der Waals surface area contributed by atoms with E-state index >= 15 is 0 Å². The number of nitrogens with zero attached hydrogens (tertiary/aromatic N) is 2. The summed E-state index contributed by atoms with van der Waals surface area (Å²) in [7, 11) is 0. The van der Waals surface area contributed by atoms with Gasteiger partial charge in [-0.15, -0.1) is 0 Å². The third-order valence-corrected chi connectivity index (χ3v) is 4.34. The maximum Gasteiger partial charge on any atom is 0.253 e. The van der Waals surface area contributed by atoms with E-state index in [0.29, 0.717) is 5.69 Å². The molecule has 0 aliphatic carbocycles. The van der Waals surface area contributed by atoms with E-state index in [1.165, 1.54) is 12.1 Å². The lowest BCUT2D eigenvalue weighted by Crippen LogP contribution is -2.31. The monoisotopic (exact) mass is 389 g/mol. The second kappa shape index (κ2) is 6.36. The van der Waals surface area contributed by atoms with Crippen molar-refractivity contribution in [2.24, 2.45) is 0 Å². The van der Waals surface area contributed by atoms with E-state index in [2.05, 4.69) is 26.2 Å². The Morgan fingerprint density at radius 2 is 2.08 bits per heavy atom. The molecule has 124 valence electrons. The molecule has 2 aromatic heterocycles. The molecule has 0 radical (unpaired) electrons. The summed E-state index contributed by atoms with van der Waals surface area (Å²) in [5, 5.41) is 3.83. The number of hydrogen-bond donors (Lipinski definition) is 1. The van der Waals surface area contributed by atoms with Crippen LogP contribution in [-0.2, 0) is 0 Å². The van der Waals surface area contributed by atoms with Gasteiger partial charge in [-0.1, -0.05) is 0 Å². The van der Waals surface area contributed by atoms with Crippen molar-refractivity contribution in [2.75, 3.05) is 0 Å². The first-order valence-electron chi connectivity index (χ1n) is 7.60. The van der Waals surface area contributed by atoms with Crippen LogP contribution < -0.4 is 5.32 Å². The van der Waals surface area contributed by atoms with Crippen LogP contribution in [0.15, 0.2) is 41.3 Å². The zero-order valence-corrected chi connectivity index (χ0v) is 15.2. The van der Waals surface area contributed by atoms with Crippen molar-refractivity contribution < 1.29 is 9.18 Å². The molecular formula is C18H17BrFN3O. The van der Waals surface area contributed by atoms with Crippen LogP contribution in [0.3, 0.4) is 0 Å². The Balaban J connectivity index is 2.24. The second-order valence-electron chi connectivity index (χ2n) is 5.99. The first kappa shape index (κ1) is 16.6. The van der Waals surface area contributed by atoms with Gasteiger partial charge in [0.05, 0.1) is 23.0 Å². The van der Waals surface area contributed by atoms with Crippen LogP contribution >= 0.6 is 15.9 Å². The lowest BCUT2D eigenvalue weighted by atomic mass is 10.1. The Morgan fingerprint density at radius 3 is 2.79 bits per heavy atom. The van der Waals surface area contributed by atoms with E-state index in [1.54, 1.807) is 18.5 Å². The maximum absolute atomic E-state index is 13.7. The predicted molar refractivity (Wildman–Crippen MR) is 96.1 cm³/mol. The van der Waals surface area contributed by atoms with Gasteiger partial charge in [0.2, 0.25) is 0 Å². The van der Waals surface area contributed by atoms with Crippen molar-refractivity contribution in [1.82, 2.24) is 14.9 Å². The Morgan fingerprint density at radius 1 is 1.33 bits per heavy atom. The van der Waals surface area contributed by atoms with Gasteiger partial charge >= 0.3 is 0 Å². The molecule has 1 aromatic carbocycles. The molecule has 0 aliphatic heterocycles. The highest BCUT2D eigenvalue weighted by Crippen LogP contribution is 2.31. The number of carbonyl (C=O) groups is 1. The summed E-state index contributed by atoms with van der Waals surface area (Å²) in [5.74, 6) is -0.754. The van der Waals surface area contributed by atoms with E-state index in [1.807, 2.05) is 31.5 Å². The SMILES string of the molecule is Cc1cncc2c1c(Br)cn2-c1ccc(F)cc1C(=O)NC(C)C.